The SMILES string of the molecule is Cc1ccc(CC2(C)CCN2)c(C)c1. The van der Waals surface area contributed by atoms with Gasteiger partial charge in [0, 0.05) is 5.54 Å². The predicted octanol–water partition coefficient (Wildman–Crippen LogP) is 2.60. The van der Waals surface area contributed by atoms with Crippen molar-refractivity contribution in [3.63, 3.8) is 0 Å². The van der Waals surface area contributed by atoms with Gasteiger partial charge < -0.3 is 5.32 Å². The van der Waals surface area contributed by atoms with E-state index in [-0.39, 0.29) is 0 Å². The van der Waals surface area contributed by atoms with Gasteiger partial charge in [-0.2, -0.15) is 0 Å². The average Bonchev–Trinajstić information content (AvgIpc) is 2.07. The number of hydrogen-bond donors (Lipinski definition) is 1. The zero-order valence-corrected chi connectivity index (χ0v) is 9.35. The quantitative estimate of drug-likeness (QED) is 0.754. The van der Waals surface area contributed by atoms with Crippen molar-refractivity contribution in [2.45, 2.75) is 39.2 Å². The van der Waals surface area contributed by atoms with E-state index in [0.29, 0.717) is 5.54 Å². The van der Waals surface area contributed by atoms with Crippen LogP contribution in [0.1, 0.15) is 30.0 Å². The third kappa shape index (κ3) is 1.83. The molecular formula is C13H19N. The van der Waals surface area contributed by atoms with Gasteiger partial charge >= 0.3 is 0 Å². The van der Waals surface area contributed by atoms with Gasteiger partial charge in [-0.05, 0) is 51.3 Å². The lowest BCUT2D eigenvalue weighted by atomic mass is 9.82. The minimum Gasteiger partial charge on any atom is -0.311 e. The molecule has 1 fully saturated rings. The average molecular weight is 189 g/mol. The summed E-state index contributed by atoms with van der Waals surface area (Å²) in [5, 5.41) is 3.51. The molecule has 1 nitrogen and oxygen atoms in total. The maximum absolute atomic E-state index is 3.51. The van der Waals surface area contributed by atoms with Crippen LogP contribution in [0.2, 0.25) is 0 Å². The van der Waals surface area contributed by atoms with Gasteiger partial charge in [-0.1, -0.05) is 23.8 Å². The minimum atomic E-state index is 0.361. The van der Waals surface area contributed by atoms with Gasteiger partial charge in [-0.25, -0.2) is 0 Å². The van der Waals surface area contributed by atoms with Crippen molar-refractivity contribution in [1.29, 1.82) is 0 Å². The highest BCUT2D eigenvalue weighted by atomic mass is 15.0. The topological polar surface area (TPSA) is 12.0 Å². The van der Waals surface area contributed by atoms with Crippen LogP contribution in [0.4, 0.5) is 0 Å². The van der Waals surface area contributed by atoms with Crippen molar-refractivity contribution in [3.05, 3.63) is 34.9 Å². The predicted molar refractivity (Wildman–Crippen MR) is 60.6 cm³/mol. The molecule has 1 saturated heterocycles. The second-order valence-corrected chi connectivity index (χ2v) is 4.84. The van der Waals surface area contributed by atoms with E-state index in [1.54, 1.807) is 0 Å². The summed E-state index contributed by atoms with van der Waals surface area (Å²) in [5.41, 5.74) is 4.64. The van der Waals surface area contributed by atoms with Gasteiger partial charge in [0.05, 0.1) is 0 Å². The zero-order chi connectivity index (χ0) is 10.2. The fourth-order valence-electron chi connectivity index (χ4n) is 2.17. The standard InChI is InChI=1S/C13H19N/c1-10-4-5-12(11(2)8-10)9-13(3)6-7-14-13/h4-5,8,14H,6-7,9H2,1-3H3. The first kappa shape index (κ1) is 9.72. The molecule has 0 aliphatic carbocycles. The third-order valence-corrected chi connectivity index (χ3v) is 3.31. The lowest BCUT2D eigenvalue weighted by molar-refractivity contribution is 0.231. The first-order valence-electron chi connectivity index (χ1n) is 5.40. The zero-order valence-electron chi connectivity index (χ0n) is 9.35. The van der Waals surface area contributed by atoms with E-state index < -0.39 is 0 Å². The molecule has 1 heteroatoms. The van der Waals surface area contributed by atoms with Crippen LogP contribution in [-0.2, 0) is 6.42 Å². The Labute approximate surface area is 86.5 Å². The molecule has 1 unspecified atom stereocenters. The maximum Gasteiger partial charge on any atom is 0.0205 e. The Kier molecular flexibility index (Phi) is 2.36. The van der Waals surface area contributed by atoms with E-state index in [1.165, 1.54) is 36.1 Å². The monoisotopic (exact) mass is 189 g/mol. The van der Waals surface area contributed by atoms with Gasteiger partial charge in [-0.15, -0.1) is 0 Å². The summed E-state index contributed by atoms with van der Waals surface area (Å²) in [5.74, 6) is 0. The fourth-order valence-corrected chi connectivity index (χ4v) is 2.17. The summed E-state index contributed by atoms with van der Waals surface area (Å²) < 4.78 is 0. The second-order valence-electron chi connectivity index (χ2n) is 4.84. The highest BCUT2D eigenvalue weighted by Crippen LogP contribution is 2.25. The van der Waals surface area contributed by atoms with Crippen molar-refractivity contribution >= 4 is 0 Å². The number of benzene rings is 1. The maximum atomic E-state index is 3.51. The molecule has 0 saturated carbocycles. The summed E-state index contributed by atoms with van der Waals surface area (Å²) in [7, 11) is 0. The molecule has 1 aromatic carbocycles. The van der Waals surface area contributed by atoms with E-state index in [9.17, 15) is 0 Å². The molecule has 0 spiro atoms. The van der Waals surface area contributed by atoms with Crippen molar-refractivity contribution < 1.29 is 0 Å². The van der Waals surface area contributed by atoms with E-state index in [4.69, 9.17) is 0 Å². The van der Waals surface area contributed by atoms with Gasteiger partial charge in [0.15, 0.2) is 0 Å². The molecule has 76 valence electrons. The molecule has 0 bridgehead atoms. The van der Waals surface area contributed by atoms with Gasteiger partial charge in [0.25, 0.3) is 0 Å². The number of aryl methyl sites for hydroxylation is 2. The summed E-state index contributed by atoms with van der Waals surface area (Å²) in [6.07, 6.45) is 2.47. The van der Waals surface area contributed by atoms with Crippen molar-refractivity contribution in [3.8, 4) is 0 Å². The van der Waals surface area contributed by atoms with Crippen molar-refractivity contribution in [2.24, 2.45) is 0 Å². The van der Waals surface area contributed by atoms with Crippen molar-refractivity contribution in [1.82, 2.24) is 5.32 Å². The summed E-state index contributed by atoms with van der Waals surface area (Å²) in [6.45, 7) is 7.86. The minimum absolute atomic E-state index is 0.361. The van der Waals surface area contributed by atoms with E-state index >= 15 is 0 Å². The number of rotatable bonds is 2. The normalized spacial score (nSPS) is 25.9. The van der Waals surface area contributed by atoms with E-state index in [2.05, 4.69) is 44.3 Å². The van der Waals surface area contributed by atoms with Crippen LogP contribution in [0.3, 0.4) is 0 Å². The Hall–Kier alpha value is -0.820. The molecule has 1 aliphatic heterocycles. The Balaban J connectivity index is 2.16. The lowest BCUT2D eigenvalue weighted by Gasteiger charge is -2.40. The number of nitrogens with one attached hydrogen (secondary N) is 1. The van der Waals surface area contributed by atoms with Crippen LogP contribution in [0.5, 0.6) is 0 Å². The first-order chi connectivity index (χ1) is 6.59. The molecule has 1 heterocycles. The Morgan fingerprint density at radius 1 is 1.36 bits per heavy atom. The molecule has 1 atom stereocenters. The number of hydrogen-bond acceptors (Lipinski definition) is 1. The van der Waals surface area contributed by atoms with Gasteiger partial charge in [0.2, 0.25) is 0 Å². The first-order valence-corrected chi connectivity index (χ1v) is 5.40. The molecule has 1 aliphatic rings. The summed E-state index contributed by atoms with van der Waals surface area (Å²) in [4.78, 5) is 0. The Morgan fingerprint density at radius 2 is 2.07 bits per heavy atom. The molecule has 14 heavy (non-hydrogen) atoms. The van der Waals surface area contributed by atoms with Crippen LogP contribution in [0.15, 0.2) is 18.2 Å². The molecule has 1 N–H and O–H groups in total. The van der Waals surface area contributed by atoms with Crippen LogP contribution < -0.4 is 5.32 Å². The van der Waals surface area contributed by atoms with Gasteiger partial charge in [-0.3, -0.25) is 0 Å². The van der Waals surface area contributed by atoms with Crippen molar-refractivity contribution in [2.75, 3.05) is 6.54 Å². The molecular weight excluding hydrogens is 170 g/mol. The van der Waals surface area contributed by atoms with E-state index in [0.717, 1.165) is 0 Å². The largest absolute Gasteiger partial charge is 0.311 e. The fraction of sp³-hybridized carbons (Fsp3) is 0.538. The van der Waals surface area contributed by atoms with Gasteiger partial charge in [0.1, 0.15) is 0 Å². The Morgan fingerprint density at radius 3 is 2.57 bits per heavy atom. The van der Waals surface area contributed by atoms with Crippen LogP contribution in [-0.4, -0.2) is 12.1 Å². The van der Waals surface area contributed by atoms with Crippen LogP contribution in [0.25, 0.3) is 0 Å². The lowest BCUT2D eigenvalue weighted by Crippen LogP contribution is -2.56. The molecule has 0 radical (unpaired) electrons. The molecule has 2 rings (SSSR count). The molecule has 0 amide bonds. The van der Waals surface area contributed by atoms with Crippen LogP contribution in [0, 0.1) is 13.8 Å². The second kappa shape index (κ2) is 3.39. The molecule has 0 aromatic heterocycles. The highest BCUT2D eigenvalue weighted by Gasteiger charge is 2.31. The summed E-state index contributed by atoms with van der Waals surface area (Å²) in [6, 6.07) is 6.76. The Bertz CT molecular complexity index is 337. The highest BCUT2D eigenvalue weighted by molar-refractivity contribution is 5.32. The smallest absolute Gasteiger partial charge is 0.0205 e. The third-order valence-electron chi connectivity index (χ3n) is 3.31. The van der Waals surface area contributed by atoms with E-state index in [1.807, 2.05) is 0 Å². The summed E-state index contributed by atoms with van der Waals surface area (Å²) >= 11 is 0. The molecule has 1 aromatic rings. The van der Waals surface area contributed by atoms with Crippen LogP contribution >= 0.6 is 0 Å².